The first-order valence-corrected chi connectivity index (χ1v) is 8.62. The molecule has 2 aromatic heterocycles. The maximum atomic E-state index is 12.5. The van der Waals surface area contributed by atoms with Crippen molar-refractivity contribution in [3.63, 3.8) is 0 Å². The van der Waals surface area contributed by atoms with Gasteiger partial charge in [0.25, 0.3) is 5.91 Å². The van der Waals surface area contributed by atoms with Gasteiger partial charge in [-0.1, -0.05) is 0 Å². The lowest BCUT2D eigenvalue weighted by atomic mass is 10.1. The quantitative estimate of drug-likeness (QED) is 0.865. The van der Waals surface area contributed by atoms with Crippen LogP contribution in [0.1, 0.15) is 23.2 Å². The zero-order valence-electron chi connectivity index (χ0n) is 15.3. The summed E-state index contributed by atoms with van der Waals surface area (Å²) in [5.74, 6) is 2.12. The van der Waals surface area contributed by atoms with Gasteiger partial charge in [0.2, 0.25) is 5.88 Å². The van der Waals surface area contributed by atoms with E-state index in [1.807, 2.05) is 25.1 Å². The average Bonchev–Trinajstić information content (AvgIpc) is 2.68. The van der Waals surface area contributed by atoms with Gasteiger partial charge >= 0.3 is 0 Å². The zero-order chi connectivity index (χ0) is 18.5. The van der Waals surface area contributed by atoms with Crippen LogP contribution in [0.25, 0.3) is 0 Å². The van der Waals surface area contributed by atoms with Crippen LogP contribution < -0.4 is 19.9 Å². The smallest absolute Gasteiger partial charge is 0.253 e. The van der Waals surface area contributed by atoms with E-state index in [0.29, 0.717) is 11.4 Å². The lowest BCUT2D eigenvalue weighted by Gasteiger charge is -2.34. The van der Waals surface area contributed by atoms with Gasteiger partial charge in [-0.15, -0.1) is 0 Å². The Balaban J connectivity index is 1.64. The predicted octanol–water partition coefficient (Wildman–Crippen LogP) is 1.34. The molecule has 2 aromatic rings. The van der Waals surface area contributed by atoms with E-state index < -0.39 is 0 Å². The highest BCUT2D eigenvalue weighted by atomic mass is 16.5. The second-order valence-electron chi connectivity index (χ2n) is 6.48. The third kappa shape index (κ3) is 4.19. The van der Waals surface area contributed by atoms with Crippen LogP contribution in [-0.4, -0.2) is 61.2 Å². The molecule has 3 heterocycles. The van der Waals surface area contributed by atoms with Crippen LogP contribution in [-0.2, 0) is 0 Å². The minimum Gasteiger partial charge on any atom is -0.481 e. The molecule has 138 valence electrons. The van der Waals surface area contributed by atoms with E-state index in [-0.39, 0.29) is 11.9 Å². The molecule has 1 saturated heterocycles. The molecular formula is C18H24N6O2. The van der Waals surface area contributed by atoms with Gasteiger partial charge in [-0.25, -0.2) is 15.0 Å². The Kier molecular flexibility index (Phi) is 5.50. The third-order valence-electron chi connectivity index (χ3n) is 4.38. The standard InChI is InChI=1S/C18H24N6O2/c1-23(2)15-9-16(21-12-20-15)24-8-4-5-14(11-24)22-18(25)13-6-7-17(26-3)19-10-13/h6-7,9-10,12,14H,4-5,8,11H2,1-3H3,(H,22,25)/t14-/m1/s1. The summed E-state index contributed by atoms with van der Waals surface area (Å²) in [6.45, 7) is 1.64. The van der Waals surface area contributed by atoms with Crippen LogP contribution in [0.4, 0.5) is 11.6 Å². The maximum Gasteiger partial charge on any atom is 0.253 e. The first kappa shape index (κ1) is 17.9. The molecule has 26 heavy (non-hydrogen) atoms. The number of amides is 1. The van der Waals surface area contributed by atoms with Crippen molar-refractivity contribution in [2.45, 2.75) is 18.9 Å². The van der Waals surface area contributed by atoms with Gasteiger partial charge in [0.05, 0.1) is 12.7 Å². The van der Waals surface area contributed by atoms with E-state index in [4.69, 9.17) is 4.74 Å². The number of hydrogen-bond donors (Lipinski definition) is 1. The summed E-state index contributed by atoms with van der Waals surface area (Å²) in [5.41, 5.74) is 0.528. The van der Waals surface area contributed by atoms with E-state index in [9.17, 15) is 4.79 Å². The van der Waals surface area contributed by atoms with Crippen LogP contribution in [0.3, 0.4) is 0 Å². The molecule has 0 radical (unpaired) electrons. The number of aromatic nitrogens is 3. The molecule has 1 amide bonds. The third-order valence-corrected chi connectivity index (χ3v) is 4.38. The molecule has 8 nitrogen and oxygen atoms in total. The van der Waals surface area contributed by atoms with Gasteiger partial charge in [0.1, 0.15) is 18.0 Å². The lowest BCUT2D eigenvalue weighted by Crippen LogP contribution is -2.48. The number of methoxy groups -OCH3 is 1. The molecule has 0 spiro atoms. The summed E-state index contributed by atoms with van der Waals surface area (Å²) >= 11 is 0. The topological polar surface area (TPSA) is 83.5 Å². The molecule has 1 N–H and O–H groups in total. The van der Waals surface area contributed by atoms with Crippen LogP contribution in [0.15, 0.2) is 30.7 Å². The summed E-state index contributed by atoms with van der Waals surface area (Å²) in [4.78, 5) is 29.3. The number of ether oxygens (including phenoxy) is 1. The Morgan fingerprint density at radius 1 is 1.31 bits per heavy atom. The molecule has 1 aliphatic heterocycles. The van der Waals surface area contributed by atoms with Crippen molar-refractivity contribution in [2.24, 2.45) is 0 Å². The molecular weight excluding hydrogens is 332 g/mol. The van der Waals surface area contributed by atoms with E-state index in [1.54, 1.807) is 25.6 Å². The number of hydrogen-bond acceptors (Lipinski definition) is 7. The summed E-state index contributed by atoms with van der Waals surface area (Å²) in [5, 5.41) is 3.09. The zero-order valence-corrected chi connectivity index (χ0v) is 15.3. The summed E-state index contributed by atoms with van der Waals surface area (Å²) < 4.78 is 5.02. The molecule has 1 atom stereocenters. The van der Waals surface area contributed by atoms with Crippen molar-refractivity contribution >= 4 is 17.5 Å². The molecule has 0 saturated carbocycles. The number of nitrogens with one attached hydrogen (secondary N) is 1. The van der Waals surface area contributed by atoms with Gasteiger partial charge in [-0.2, -0.15) is 0 Å². The molecule has 0 aliphatic carbocycles. The van der Waals surface area contributed by atoms with Crippen LogP contribution in [0.2, 0.25) is 0 Å². The van der Waals surface area contributed by atoms with Crippen LogP contribution in [0, 0.1) is 0 Å². The van der Waals surface area contributed by atoms with Gasteiger partial charge in [0.15, 0.2) is 0 Å². The molecule has 0 aromatic carbocycles. The Morgan fingerprint density at radius 2 is 2.15 bits per heavy atom. The molecule has 1 aliphatic rings. The fourth-order valence-electron chi connectivity index (χ4n) is 2.96. The Bertz CT molecular complexity index is 750. The van der Waals surface area contributed by atoms with Crippen molar-refractivity contribution in [3.8, 4) is 5.88 Å². The van der Waals surface area contributed by atoms with Crippen LogP contribution in [0.5, 0.6) is 5.88 Å². The Labute approximate surface area is 153 Å². The predicted molar refractivity (Wildman–Crippen MR) is 99.8 cm³/mol. The van der Waals surface area contributed by atoms with Gasteiger partial charge in [-0.3, -0.25) is 4.79 Å². The summed E-state index contributed by atoms with van der Waals surface area (Å²) in [7, 11) is 5.45. The minimum absolute atomic E-state index is 0.0659. The van der Waals surface area contributed by atoms with Crippen molar-refractivity contribution in [1.29, 1.82) is 0 Å². The highest BCUT2D eigenvalue weighted by molar-refractivity contribution is 5.94. The average molecular weight is 356 g/mol. The second kappa shape index (κ2) is 7.99. The molecule has 0 bridgehead atoms. The van der Waals surface area contributed by atoms with E-state index in [0.717, 1.165) is 37.6 Å². The maximum absolute atomic E-state index is 12.5. The SMILES string of the molecule is COc1ccc(C(=O)N[C@@H]2CCCN(c3cc(N(C)C)ncn3)C2)cn1. The Hall–Kier alpha value is -2.90. The van der Waals surface area contributed by atoms with Crippen molar-refractivity contribution < 1.29 is 9.53 Å². The van der Waals surface area contributed by atoms with Gasteiger partial charge in [0, 0.05) is 51.6 Å². The van der Waals surface area contributed by atoms with E-state index >= 15 is 0 Å². The van der Waals surface area contributed by atoms with Gasteiger partial charge < -0.3 is 19.9 Å². The van der Waals surface area contributed by atoms with Crippen molar-refractivity contribution in [3.05, 3.63) is 36.3 Å². The van der Waals surface area contributed by atoms with Gasteiger partial charge in [-0.05, 0) is 18.9 Å². The van der Waals surface area contributed by atoms with Crippen LogP contribution >= 0.6 is 0 Å². The molecule has 8 heteroatoms. The highest BCUT2D eigenvalue weighted by Crippen LogP contribution is 2.20. The fourth-order valence-corrected chi connectivity index (χ4v) is 2.96. The largest absolute Gasteiger partial charge is 0.481 e. The number of anilines is 2. The van der Waals surface area contributed by atoms with Crippen molar-refractivity contribution in [2.75, 3.05) is 44.1 Å². The molecule has 0 unspecified atom stereocenters. The second-order valence-corrected chi connectivity index (χ2v) is 6.48. The van der Waals surface area contributed by atoms with E-state index in [2.05, 4.69) is 25.2 Å². The summed E-state index contributed by atoms with van der Waals surface area (Å²) in [6, 6.07) is 5.44. The normalized spacial score (nSPS) is 16.9. The number of carbonyl (C=O) groups excluding carboxylic acids is 1. The fraction of sp³-hybridized carbons (Fsp3) is 0.444. The summed E-state index contributed by atoms with van der Waals surface area (Å²) in [6.07, 6.45) is 5.04. The number of rotatable bonds is 5. The molecule has 1 fully saturated rings. The number of piperidine rings is 1. The Morgan fingerprint density at radius 3 is 2.85 bits per heavy atom. The number of carbonyl (C=O) groups is 1. The number of pyridine rings is 1. The van der Waals surface area contributed by atoms with E-state index in [1.165, 1.54) is 6.20 Å². The van der Waals surface area contributed by atoms with Crippen molar-refractivity contribution in [1.82, 2.24) is 20.3 Å². The lowest BCUT2D eigenvalue weighted by molar-refractivity contribution is 0.0932. The number of nitrogens with zero attached hydrogens (tertiary/aromatic N) is 5. The first-order valence-electron chi connectivity index (χ1n) is 8.62. The first-order chi connectivity index (χ1) is 12.6. The highest BCUT2D eigenvalue weighted by Gasteiger charge is 2.23. The monoisotopic (exact) mass is 356 g/mol. The minimum atomic E-state index is -0.122. The molecule has 3 rings (SSSR count).